The van der Waals surface area contributed by atoms with Crippen LogP contribution < -0.4 is 4.90 Å². The van der Waals surface area contributed by atoms with Gasteiger partial charge < -0.3 is 4.90 Å². The van der Waals surface area contributed by atoms with E-state index in [1.54, 1.807) is 19.9 Å². The molecule has 3 nitrogen and oxygen atoms in total. The first-order chi connectivity index (χ1) is 8.85. The Hall–Kier alpha value is -1.55. The highest BCUT2D eigenvalue weighted by Gasteiger charge is 2.22. The first kappa shape index (κ1) is 13.9. The normalized spacial score (nSPS) is 12.1. The van der Waals surface area contributed by atoms with Crippen LogP contribution in [0.5, 0.6) is 0 Å². The molecule has 19 heavy (non-hydrogen) atoms. The molecule has 0 heterocycles. The molecule has 102 valence electrons. The Labute approximate surface area is 114 Å². The van der Waals surface area contributed by atoms with Crippen molar-refractivity contribution in [2.24, 2.45) is 0 Å². The summed E-state index contributed by atoms with van der Waals surface area (Å²) in [5, 5.41) is 1.35. The van der Waals surface area contributed by atoms with E-state index in [0.29, 0.717) is 4.90 Å². The van der Waals surface area contributed by atoms with Crippen LogP contribution in [0.1, 0.15) is 13.8 Å². The number of nitrogens with zero attached hydrogens (tertiary/aromatic N) is 1. The van der Waals surface area contributed by atoms with Gasteiger partial charge in [-0.2, -0.15) is 0 Å². The highest BCUT2D eigenvalue weighted by atomic mass is 32.2. The number of anilines is 1. The number of fused-ring (bicyclic) bond motifs is 1. The number of hydrogen-bond donors (Lipinski definition) is 0. The summed E-state index contributed by atoms with van der Waals surface area (Å²) in [4.78, 5) is 2.41. The van der Waals surface area contributed by atoms with Crippen LogP contribution in [0, 0.1) is 0 Å². The molecular formula is C15H19NO2S. The lowest BCUT2D eigenvalue weighted by atomic mass is 10.1. The highest BCUT2D eigenvalue weighted by Crippen LogP contribution is 2.31. The fourth-order valence-electron chi connectivity index (χ4n) is 2.16. The van der Waals surface area contributed by atoms with Gasteiger partial charge in [0.2, 0.25) is 0 Å². The molecule has 4 heteroatoms. The molecule has 0 aromatic heterocycles. The SMILES string of the molecule is CC(C)S(=O)(=O)c1cccc2c(N(C)C)cccc12. The zero-order valence-electron chi connectivity index (χ0n) is 11.7. The second-order valence-electron chi connectivity index (χ2n) is 5.12. The molecule has 0 aliphatic heterocycles. The molecule has 0 saturated heterocycles. The van der Waals surface area contributed by atoms with E-state index in [2.05, 4.69) is 0 Å². The predicted molar refractivity (Wildman–Crippen MR) is 80.6 cm³/mol. The van der Waals surface area contributed by atoms with Crippen LogP contribution in [0.2, 0.25) is 0 Å². The summed E-state index contributed by atoms with van der Waals surface area (Å²) in [5.74, 6) is 0. The Balaban J connectivity index is 2.83. The number of rotatable bonds is 3. The van der Waals surface area contributed by atoms with E-state index in [1.807, 2.05) is 49.3 Å². The molecule has 2 aromatic rings. The van der Waals surface area contributed by atoms with Crippen LogP contribution in [-0.4, -0.2) is 27.8 Å². The Morgan fingerprint density at radius 2 is 1.53 bits per heavy atom. The predicted octanol–water partition coefficient (Wildman–Crippen LogP) is 3.09. The summed E-state index contributed by atoms with van der Waals surface area (Å²) < 4.78 is 24.8. The Bertz CT molecular complexity index is 703. The number of benzene rings is 2. The van der Waals surface area contributed by atoms with E-state index in [9.17, 15) is 8.42 Å². The molecule has 0 N–H and O–H groups in total. The van der Waals surface area contributed by atoms with Crippen molar-refractivity contribution >= 4 is 26.3 Å². The summed E-state index contributed by atoms with van der Waals surface area (Å²) in [6.45, 7) is 3.42. The molecule has 2 rings (SSSR count). The Morgan fingerprint density at radius 1 is 0.947 bits per heavy atom. The zero-order valence-corrected chi connectivity index (χ0v) is 12.5. The molecule has 0 aliphatic rings. The molecule has 0 unspecified atom stereocenters. The van der Waals surface area contributed by atoms with Crippen molar-refractivity contribution in [2.75, 3.05) is 19.0 Å². The van der Waals surface area contributed by atoms with Gasteiger partial charge in [-0.05, 0) is 26.0 Å². The molecule has 0 fully saturated rings. The van der Waals surface area contributed by atoms with Crippen molar-refractivity contribution in [3.8, 4) is 0 Å². The quantitative estimate of drug-likeness (QED) is 0.865. The van der Waals surface area contributed by atoms with Gasteiger partial charge in [0.15, 0.2) is 9.84 Å². The molecule has 2 aromatic carbocycles. The van der Waals surface area contributed by atoms with Crippen LogP contribution in [-0.2, 0) is 9.84 Å². The van der Waals surface area contributed by atoms with Gasteiger partial charge in [0, 0.05) is 30.6 Å². The topological polar surface area (TPSA) is 37.4 Å². The lowest BCUT2D eigenvalue weighted by Gasteiger charge is -2.17. The van der Waals surface area contributed by atoms with E-state index >= 15 is 0 Å². The van der Waals surface area contributed by atoms with Crippen molar-refractivity contribution in [1.29, 1.82) is 0 Å². The van der Waals surface area contributed by atoms with Crippen LogP contribution in [0.3, 0.4) is 0 Å². The maximum atomic E-state index is 12.4. The van der Waals surface area contributed by atoms with E-state index in [0.717, 1.165) is 16.5 Å². The fraction of sp³-hybridized carbons (Fsp3) is 0.333. The minimum absolute atomic E-state index is 0.416. The third kappa shape index (κ3) is 2.32. The smallest absolute Gasteiger partial charge is 0.181 e. The van der Waals surface area contributed by atoms with Gasteiger partial charge in [-0.1, -0.05) is 24.3 Å². The summed E-state index contributed by atoms with van der Waals surface area (Å²) in [5.41, 5.74) is 1.03. The molecule has 0 spiro atoms. The summed E-state index contributed by atoms with van der Waals surface area (Å²) >= 11 is 0. The van der Waals surface area contributed by atoms with Gasteiger partial charge in [0.05, 0.1) is 10.1 Å². The maximum Gasteiger partial charge on any atom is 0.181 e. The zero-order chi connectivity index (χ0) is 14.2. The first-order valence-corrected chi connectivity index (χ1v) is 7.83. The number of sulfone groups is 1. The van der Waals surface area contributed by atoms with Crippen LogP contribution in [0.4, 0.5) is 5.69 Å². The summed E-state index contributed by atoms with van der Waals surface area (Å²) in [7, 11) is 0.649. The van der Waals surface area contributed by atoms with Crippen LogP contribution >= 0.6 is 0 Å². The lowest BCUT2D eigenvalue weighted by molar-refractivity contribution is 0.588. The van der Waals surface area contributed by atoms with E-state index in [1.165, 1.54) is 0 Å². The van der Waals surface area contributed by atoms with Gasteiger partial charge in [-0.25, -0.2) is 8.42 Å². The van der Waals surface area contributed by atoms with Crippen molar-refractivity contribution in [1.82, 2.24) is 0 Å². The van der Waals surface area contributed by atoms with Crippen molar-refractivity contribution < 1.29 is 8.42 Å². The third-order valence-corrected chi connectivity index (χ3v) is 5.48. The maximum absolute atomic E-state index is 12.4. The minimum Gasteiger partial charge on any atom is -0.377 e. The van der Waals surface area contributed by atoms with Crippen LogP contribution in [0.25, 0.3) is 10.8 Å². The summed E-state index contributed by atoms with van der Waals surface area (Å²) in [6, 6.07) is 11.2. The third-order valence-electron chi connectivity index (χ3n) is 3.27. The summed E-state index contributed by atoms with van der Waals surface area (Å²) in [6.07, 6.45) is 0. The van der Waals surface area contributed by atoms with Gasteiger partial charge in [-0.3, -0.25) is 0 Å². The molecule has 0 bridgehead atoms. The average Bonchev–Trinajstić information content (AvgIpc) is 2.36. The second-order valence-corrected chi connectivity index (χ2v) is 7.59. The Morgan fingerprint density at radius 3 is 2.11 bits per heavy atom. The fourth-order valence-corrected chi connectivity index (χ4v) is 3.42. The van der Waals surface area contributed by atoms with E-state index < -0.39 is 15.1 Å². The van der Waals surface area contributed by atoms with Crippen molar-refractivity contribution in [3.63, 3.8) is 0 Å². The molecule has 0 radical (unpaired) electrons. The first-order valence-electron chi connectivity index (χ1n) is 6.28. The Kier molecular flexibility index (Phi) is 3.54. The molecule has 0 saturated carbocycles. The molecule has 0 amide bonds. The monoisotopic (exact) mass is 277 g/mol. The average molecular weight is 277 g/mol. The highest BCUT2D eigenvalue weighted by molar-refractivity contribution is 7.92. The minimum atomic E-state index is -3.26. The molecule has 0 atom stereocenters. The van der Waals surface area contributed by atoms with Gasteiger partial charge in [-0.15, -0.1) is 0 Å². The van der Waals surface area contributed by atoms with Gasteiger partial charge in [0.25, 0.3) is 0 Å². The largest absolute Gasteiger partial charge is 0.377 e. The second kappa shape index (κ2) is 4.85. The van der Waals surface area contributed by atoms with Crippen molar-refractivity contribution in [2.45, 2.75) is 24.0 Å². The standard InChI is InChI=1S/C15H19NO2S/c1-11(2)19(17,18)15-10-6-7-12-13(15)8-5-9-14(12)16(3)4/h5-11H,1-4H3. The molecule has 0 aliphatic carbocycles. The van der Waals surface area contributed by atoms with Crippen molar-refractivity contribution in [3.05, 3.63) is 36.4 Å². The van der Waals surface area contributed by atoms with E-state index in [4.69, 9.17) is 0 Å². The van der Waals surface area contributed by atoms with Gasteiger partial charge >= 0.3 is 0 Å². The van der Waals surface area contributed by atoms with Crippen LogP contribution in [0.15, 0.2) is 41.3 Å². The van der Waals surface area contributed by atoms with E-state index in [-0.39, 0.29) is 0 Å². The lowest BCUT2D eigenvalue weighted by Crippen LogP contribution is -2.15. The number of hydrogen-bond acceptors (Lipinski definition) is 3. The molecular weight excluding hydrogens is 258 g/mol. The van der Waals surface area contributed by atoms with Gasteiger partial charge in [0.1, 0.15) is 0 Å².